The zero-order valence-electron chi connectivity index (χ0n) is 14.1. The summed E-state index contributed by atoms with van der Waals surface area (Å²) < 4.78 is 0. The van der Waals surface area contributed by atoms with E-state index in [0.29, 0.717) is 5.92 Å². The first-order valence-corrected chi connectivity index (χ1v) is 8.02. The van der Waals surface area contributed by atoms with E-state index in [1.165, 1.54) is 27.8 Å². The average molecular weight is 290 g/mol. The van der Waals surface area contributed by atoms with Gasteiger partial charge in [-0.1, -0.05) is 77.9 Å². The van der Waals surface area contributed by atoms with Crippen molar-refractivity contribution in [2.75, 3.05) is 0 Å². The summed E-state index contributed by atoms with van der Waals surface area (Å²) in [6.07, 6.45) is 5.58. The smallest absolute Gasteiger partial charge is 0.00916 e. The van der Waals surface area contributed by atoms with Crippen molar-refractivity contribution in [3.05, 3.63) is 88.5 Å². The third kappa shape index (κ3) is 4.21. The van der Waals surface area contributed by atoms with Crippen LogP contribution in [-0.2, 0) is 6.42 Å². The van der Waals surface area contributed by atoms with Crippen molar-refractivity contribution in [3.63, 3.8) is 0 Å². The lowest BCUT2D eigenvalue weighted by molar-refractivity contribution is 0.782. The van der Waals surface area contributed by atoms with E-state index >= 15 is 0 Å². The van der Waals surface area contributed by atoms with Crippen LogP contribution >= 0.6 is 0 Å². The van der Waals surface area contributed by atoms with Crippen LogP contribution in [0.15, 0.2) is 71.8 Å². The Hall–Kier alpha value is -2.08. The van der Waals surface area contributed by atoms with Gasteiger partial charge < -0.3 is 0 Å². The Morgan fingerprint density at radius 1 is 0.909 bits per heavy atom. The van der Waals surface area contributed by atoms with Crippen LogP contribution in [0.4, 0.5) is 0 Å². The average Bonchev–Trinajstić information content (AvgIpc) is 2.53. The molecular formula is C22H26. The molecule has 0 fully saturated rings. The maximum atomic E-state index is 2.29. The molecule has 2 aromatic rings. The summed E-state index contributed by atoms with van der Waals surface area (Å²) in [7, 11) is 0. The molecule has 1 unspecified atom stereocenters. The van der Waals surface area contributed by atoms with E-state index in [1.807, 2.05) is 0 Å². The van der Waals surface area contributed by atoms with E-state index < -0.39 is 0 Å². The van der Waals surface area contributed by atoms with Crippen molar-refractivity contribution in [2.45, 2.75) is 40.0 Å². The summed E-state index contributed by atoms with van der Waals surface area (Å²) in [4.78, 5) is 0. The molecule has 0 bridgehead atoms. The van der Waals surface area contributed by atoms with Crippen LogP contribution in [0.3, 0.4) is 0 Å². The predicted molar refractivity (Wildman–Crippen MR) is 98.1 cm³/mol. The maximum Gasteiger partial charge on any atom is 0.00916 e. The first kappa shape index (κ1) is 16.3. The van der Waals surface area contributed by atoms with Crippen LogP contribution < -0.4 is 0 Å². The molecule has 0 saturated carbocycles. The van der Waals surface area contributed by atoms with Gasteiger partial charge in [0, 0.05) is 5.92 Å². The summed E-state index contributed by atoms with van der Waals surface area (Å²) in [5.41, 5.74) is 6.91. The molecule has 0 aliphatic heterocycles. The van der Waals surface area contributed by atoms with Gasteiger partial charge >= 0.3 is 0 Å². The fourth-order valence-electron chi connectivity index (χ4n) is 2.84. The molecule has 0 aliphatic rings. The van der Waals surface area contributed by atoms with Crippen LogP contribution in [-0.4, -0.2) is 0 Å². The molecule has 0 heteroatoms. The predicted octanol–water partition coefficient (Wildman–Crippen LogP) is 6.40. The number of allylic oxidation sites excluding steroid dienone is 3. The fourth-order valence-corrected chi connectivity index (χ4v) is 2.84. The first-order chi connectivity index (χ1) is 10.6. The van der Waals surface area contributed by atoms with Crippen molar-refractivity contribution in [1.82, 2.24) is 0 Å². The van der Waals surface area contributed by atoms with Crippen LogP contribution in [0.5, 0.6) is 0 Å². The Kier molecular flexibility index (Phi) is 5.77. The molecule has 2 aromatic carbocycles. The van der Waals surface area contributed by atoms with Gasteiger partial charge in [-0.15, -0.1) is 0 Å². The lowest BCUT2D eigenvalue weighted by Gasteiger charge is -2.21. The number of hydrogen-bond acceptors (Lipinski definition) is 0. The minimum atomic E-state index is 0.430. The normalized spacial score (nSPS) is 12.8. The Labute approximate surface area is 135 Å². The highest BCUT2D eigenvalue weighted by Crippen LogP contribution is 2.31. The van der Waals surface area contributed by atoms with Gasteiger partial charge in [0.1, 0.15) is 0 Å². The lowest BCUT2D eigenvalue weighted by atomic mass is 9.83. The summed E-state index contributed by atoms with van der Waals surface area (Å²) in [5, 5.41) is 0. The second kappa shape index (κ2) is 7.79. The first-order valence-electron chi connectivity index (χ1n) is 8.02. The molecule has 0 nitrogen and oxygen atoms in total. The van der Waals surface area contributed by atoms with Gasteiger partial charge in [-0.2, -0.15) is 0 Å². The highest BCUT2D eigenvalue weighted by atomic mass is 14.2. The van der Waals surface area contributed by atoms with E-state index in [-0.39, 0.29) is 0 Å². The molecule has 0 spiro atoms. The van der Waals surface area contributed by atoms with Gasteiger partial charge in [-0.05, 0) is 50.8 Å². The second-order valence-electron chi connectivity index (χ2n) is 6.13. The summed E-state index contributed by atoms with van der Waals surface area (Å²) in [6.45, 7) is 8.70. The number of benzene rings is 2. The number of rotatable bonds is 5. The molecule has 0 aromatic heterocycles. The van der Waals surface area contributed by atoms with Crippen molar-refractivity contribution >= 4 is 6.08 Å². The van der Waals surface area contributed by atoms with E-state index in [1.54, 1.807) is 0 Å². The van der Waals surface area contributed by atoms with Gasteiger partial charge in [0.15, 0.2) is 0 Å². The highest BCUT2D eigenvalue weighted by Gasteiger charge is 2.16. The van der Waals surface area contributed by atoms with Gasteiger partial charge in [0.2, 0.25) is 0 Å². The molecule has 0 aliphatic carbocycles. The van der Waals surface area contributed by atoms with Crippen molar-refractivity contribution in [1.29, 1.82) is 0 Å². The Morgan fingerprint density at radius 3 is 2.18 bits per heavy atom. The highest BCUT2D eigenvalue weighted by molar-refractivity contribution is 5.58. The molecule has 2 rings (SSSR count). The third-order valence-electron chi connectivity index (χ3n) is 4.10. The van der Waals surface area contributed by atoms with Crippen LogP contribution in [0.2, 0.25) is 0 Å². The van der Waals surface area contributed by atoms with Crippen LogP contribution in [0.1, 0.15) is 50.3 Å². The zero-order valence-corrected chi connectivity index (χ0v) is 14.1. The quantitative estimate of drug-likeness (QED) is 0.559. The minimum absolute atomic E-state index is 0.430. The Bertz CT molecular complexity index is 655. The molecule has 0 N–H and O–H groups in total. The second-order valence-corrected chi connectivity index (χ2v) is 6.13. The summed E-state index contributed by atoms with van der Waals surface area (Å²) in [6, 6.07) is 19.6. The van der Waals surface area contributed by atoms with E-state index in [0.717, 1.165) is 6.42 Å². The molecule has 22 heavy (non-hydrogen) atoms. The largest absolute Gasteiger partial charge is 0.0881 e. The summed E-state index contributed by atoms with van der Waals surface area (Å²) >= 11 is 0. The van der Waals surface area contributed by atoms with E-state index in [9.17, 15) is 0 Å². The molecule has 1 atom stereocenters. The SMILES string of the molecule is CC=C(C)C(Cc1ccccc1)c1ccccc1C=C(C)C. The molecular weight excluding hydrogens is 264 g/mol. The lowest BCUT2D eigenvalue weighted by Crippen LogP contribution is -2.06. The van der Waals surface area contributed by atoms with Crippen LogP contribution in [0.25, 0.3) is 6.08 Å². The van der Waals surface area contributed by atoms with Gasteiger partial charge in [0.25, 0.3) is 0 Å². The molecule has 0 amide bonds. The summed E-state index contributed by atoms with van der Waals surface area (Å²) in [5.74, 6) is 0.430. The van der Waals surface area contributed by atoms with Gasteiger partial charge in [-0.3, -0.25) is 0 Å². The standard InChI is InChI=1S/C22H26/c1-5-18(4)22(16-19-11-7-6-8-12-19)21-14-10-9-13-20(21)15-17(2)3/h5-15,22H,16H2,1-4H3. The Morgan fingerprint density at radius 2 is 1.55 bits per heavy atom. The van der Waals surface area contributed by atoms with Gasteiger partial charge in [-0.25, -0.2) is 0 Å². The van der Waals surface area contributed by atoms with Crippen molar-refractivity contribution < 1.29 is 0 Å². The van der Waals surface area contributed by atoms with E-state index in [4.69, 9.17) is 0 Å². The molecule has 0 radical (unpaired) electrons. The topological polar surface area (TPSA) is 0 Å². The number of hydrogen-bond donors (Lipinski definition) is 0. The molecule has 0 heterocycles. The van der Waals surface area contributed by atoms with Crippen molar-refractivity contribution in [2.24, 2.45) is 0 Å². The maximum absolute atomic E-state index is 2.29. The van der Waals surface area contributed by atoms with Gasteiger partial charge in [0.05, 0.1) is 0 Å². The monoisotopic (exact) mass is 290 g/mol. The van der Waals surface area contributed by atoms with E-state index in [2.05, 4.69) is 94.4 Å². The molecule has 0 saturated heterocycles. The minimum Gasteiger partial charge on any atom is -0.0881 e. The van der Waals surface area contributed by atoms with Crippen molar-refractivity contribution in [3.8, 4) is 0 Å². The molecule has 114 valence electrons. The van der Waals surface area contributed by atoms with Crippen LogP contribution in [0, 0.1) is 0 Å². The fraction of sp³-hybridized carbons (Fsp3) is 0.273. The Balaban J connectivity index is 2.45. The third-order valence-corrected chi connectivity index (χ3v) is 4.10. The zero-order chi connectivity index (χ0) is 15.9.